The minimum absolute atomic E-state index is 0.297. The van der Waals surface area contributed by atoms with Crippen LogP contribution >= 0.6 is 0 Å². The summed E-state index contributed by atoms with van der Waals surface area (Å²) in [6, 6.07) is 9.49. The molecular formula is C27H29F3O3. The van der Waals surface area contributed by atoms with E-state index in [1.54, 1.807) is 18.2 Å². The highest BCUT2D eigenvalue weighted by Gasteiger charge is 2.29. The zero-order chi connectivity index (χ0) is 24.4. The largest absolute Gasteiger partial charge is 0.493 e. The van der Waals surface area contributed by atoms with Crippen molar-refractivity contribution in [2.45, 2.75) is 39.8 Å². The second kappa shape index (κ2) is 12.1. The van der Waals surface area contributed by atoms with Crippen molar-refractivity contribution in [1.29, 1.82) is 0 Å². The molecule has 2 aromatic rings. The van der Waals surface area contributed by atoms with Crippen molar-refractivity contribution < 1.29 is 27.4 Å². The van der Waals surface area contributed by atoms with E-state index in [2.05, 4.69) is 26.8 Å². The molecule has 2 aromatic carbocycles. The molecule has 3 nitrogen and oxygen atoms in total. The topological polar surface area (TPSA) is 35.5 Å². The molecule has 0 amide bonds. The molecule has 0 N–H and O–H groups in total. The third kappa shape index (κ3) is 8.64. The first-order valence-corrected chi connectivity index (χ1v) is 10.6. The molecule has 0 atom stereocenters. The van der Waals surface area contributed by atoms with Gasteiger partial charge in [-0.2, -0.15) is 13.2 Å². The molecule has 0 heterocycles. The standard InChI is InChI=1S/C27H29F3O3/c1-19(2)6-5-7-20(3)16-17-33-25-15-11-22(18-26(25)32-4)24(31)14-10-21-8-12-23(13-9-21)27(28,29)30/h6,8-16,18H,5,7,17H2,1-4H3/b14-10+,20-16+. The van der Waals surface area contributed by atoms with Crippen LogP contribution in [0, 0.1) is 0 Å². The van der Waals surface area contributed by atoms with Crippen LogP contribution in [-0.2, 0) is 6.18 Å². The van der Waals surface area contributed by atoms with Crippen molar-refractivity contribution >= 4 is 11.9 Å². The molecule has 0 aliphatic rings. The van der Waals surface area contributed by atoms with E-state index < -0.39 is 11.7 Å². The first-order valence-electron chi connectivity index (χ1n) is 10.6. The lowest BCUT2D eigenvalue weighted by Crippen LogP contribution is -2.04. The second-order valence-corrected chi connectivity index (χ2v) is 7.86. The Bertz CT molecular complexity index is 1030. The highest BCUT2D eigenvalue weighted by Crippen LogP contribution is 2.30. The lowest BCUT2D eigenvalue weighted by Gasteiger charge is -2.11. The molecule has 0 bridgehead atoms. The molecule has 0 aromatic heterocycles. The number of rotatable bonds is 10. The van der Waals surface area contributed by atoms with Gasteiger partial charge in [-0.25, -0.2) is 0 Å². The van der Waals surface area contributed by atoms with E-state index in [0.29, 0.717) is 29.2 Å². The third-order valence-corrected chi connectivity index (χ3v) is 4.88. The van der Waals surface area contributed by atoms with E-state index >= 15 is 0 Å². The van der Waals surface area contributed by atoms with Gasteiger partial charge in [-0.15, -0.1) is 0 Å². The Kier molecular flexibility index (Phi) is 9.52. The molecule has 0 saturated carbocycles. The van der Waals surface area contributed by atoms with Gasteiger partial charge in [-0.3, -0.25) is 4.79 Å². The first kappa shape index (κ1) is 26.0. The molecule has 6 heteroatoms. The minimum Gasteiger partial charge on any atom is -0.493 e. The van der Waals surface area contributed by atoms with E-state index in [0.717, 1.165) is 25.0 Å². The zero-order valence-corrected chi connectivity index (χ0v) is 19.3. The highest BCUT2D eigenvalue weighted by atomic mass is 19.4. The van der Waals surface area contributed by atoms with Crippen LogP contribution in [0.1, 0.15) is 55.1 Å². The monoisotopic (exact) mass is 458 g/mol. The average molecular weight is 459 g/mol. The van der Waals surface area contributed by atoms with Crippen molar-refractivity contribution in [3.8, 4) is 11.5 Å². The van der Waals surface area contributed by atoms with Gasteiger partial charge in [0, 0.05) is 5.56 Å². The van der Waals surface area contributed by atoms with Crippen LogP contribution in [-0.4, -0.2) is 19.5 Å². The van der Waals surface area contributed by atoms with E-state index in [1.165, 1.54) is 42.5 Å². The Hall–Kier alpha value is -3.28. The molecule has 176 valence electrons. The zero-order valence-electron chi connectivity index (χ0n) is 19.3. The van der Waals surface area contributed by atoms with Gasteiger partial charge >= 0.3 is 6.18 Å². The van der Waals surface area contributed by atoms with Crippen LogP contribution < -0.4 is 9.47 Å². The molecular weight excluding hydrogens is 429 g/mol. The number of hydrogen-bond donors (Lipinski definition) is 0. The van der Waals surface area contributed by atoms with Gasteiger partial charge < -0.3 is 9.47 Å². The summed E-state index contributed by atoms with van der Waals surface area (Å²) >= 11 is 0. The molecule has 0 aliphatic carbocycles. The van der Waals surface area contributed by atoms with Gasteiger partial charge in [0.1, 0.15) is 6.61 Å². The number of halogens is 3. The second-order valence-electron chi connectivity index (χ2n) is 7.86. The molecule has 0 saturated heterocycles. The maximum atomic E-state index is 12.7. The highest BCUT2D eigenvalue weighted by molar-refractivity contribution is 6.07. The lowest BCUT2D eigenvalue weighted by molar-refractivity contribution is -0.137. The van der Waals surface area contributed by atoms with Crippen LogP contribution in [0.4, 0.5) is 13.2 Å². The number of carbonyl (C=O) groups excluding carboxylic acids is 1. The average Bonchev–Trinajstić information content (AvgIpc) is 2.77. The summed E-state index contributed by atoms with van der Waals surface area (Å²) in [4.78, 5) is 12.5. The number of hydrogen-bond acceptors (Lipinski definition) is 3. The summed E-state index contributed by atoms with van der Waals surface area (Å²) < 4.78 is 49.1. The van der Waals surface area contributed by atoms with E-state index in [-0.39, 0.29) is 5.78 Å². The van der Waals surface area contributed by atoms with Crippen LogP contribution in [0.25, 0.3) is 6.08 Å². The van der Waals surface area contributed by atoms with Crippen molar-refractivity contribution in [2.75, 3.05) is 13.7 Å². The predicted octanol–water partition coefficient (Wildman–Crippen LogP) is 7.68. The first-order chi connectivity index (χ1) is 15.6. The summed E-state index contributed by atoms with van der Waals surface area (Å²) in [6.45, 7) is 6.60. The summed E-state index contributed by atoms with van der Waals surface area (Å²) in [5, 5.41) is 0. The van der Waals surface area contributed by atoms with Gasteiger partial charge in [0.2, 0.25) is 0 Å². The smallest absolute Gasteiger partial charge is 0.416 e. The van der Waals surface area contributed by atoms with Crippen molar-refractivity contribution in [3.63, 3.8) is 0 Å². The quantitative estimate of drug-likeness (QED) is 0.208. The molecule has 0 radical (unpaired) electrons. The minimum atomic E-state index is -4.39. The molecule has 33 heavy (non-hydrogen) atoms. The molecule has 0 spiro atoms. The van der Waals surface area contributed by atoms with E-state index in [4.69, 9.17) is 9.47 Å². The number of alkyl halides is 3. The molecule has 2 rings (SSSR count). The maximum Gasteiger partial charge on any atom is 0.416 e. The Morgan fingerprint density at radius 1 is 0.970 bits per heavy atom. The van der Waals surface area contributed by atoms with Crippen molar-refractivity contribution in [1.82, 2.24) is 0 Å². The molecule has 0 unspecified atom stereocenters. The summed E-state index contributed by atoms with van der Waals surface area (Å²) in [7, 11) is 1.50. The summed E-state index contributed by atoms with van der Waals surface area (Å²) in [6.07, 6.45) is 4.57. The van der Waals surface area contributed by atoms with Crippen LogP contribution in [0.2, 0.25) is 0 Å². The molecule has 0 fully saturated rings. The fraction of sp³-hybridized carbons (Fsp3) is 0.296. The number of ether oxygens (including phenoxy) is 2. The molecule has 0 aliphatic heterocycles. The van der Waals surface area contributed by atoms with Crippen molar-refractivity contribution in [2.24, 2.45) is 0 Å². The number of carbonyl (C=O) groups is 1. The Morgan fingerprint density at radius 3 is 2.27 bits per heavy atom. The fourth-order valence-corrected chi connectivity index (χ4v) is 2.96. The van der Waals surface area contributed by atoms with Crippen LogP contribution in [0.5, 0.6) is 11.5 Å². The van der Waals surface area contributed by atoms with Crippen LogP contribution in [0.15, 0.2) is 71.8 Å². The number of methoxy groups -OCH3 is 1. The fourth-order valence-electron chi connectivity index (χ4n) is 2.96. The third-order valence-electron chi connectivity index (χ3n) is 4.88. The summed E-state index contributed by atoms with van der Waals surface area (Å²) in [5.41, 5.74) is 2.68. The van der Waals surface area contributed by atoms with Crippen LogP contribution in [0.3, 0.4) is 0 Å². The SMILES string of the molecule is COc1cc(C(=O)/C=C/c2ccc(C(F)(F)F)cc2)ccc1OC/C=C(\C)CCC=C(C)C. The number of benzene rings is 2. The predicted molar refractivity (Wildman–Crippen MR) is 126 cm³/mol. The van der Waals surface area contributed by atoms with Gasteiger partial charge in [-0.05, 0) is 81.7 Å². The van der Waals surface area contributed by atoms with Crippen molar-refractivity contribution in [3.05, 3.63) is 88.5 Å². The van der Waals surface area contributed by atoms with E-state index in [9.17, 15) is 18.0 Å². The Labute approximate surface area is 193 Å². The Morgan fingerprint density at radius 2 is 1.67 bits per heavy atom. The van der Waals surface area contributed by atoms with Gasteiger partial charge in [0.05, 0.1) is 12.7 Å². The van der Waals surface area contributed by atoms with Gasteiger partial charge in [-0.1, -0.05) is 35.4 Å². The summed E-state index contributed by atoms with van der Waals surface area (Å²) in [5.74, 6) is 0.656. The number of allylic oxidation sites excluding steroid dienone is 4. The van der Waals surface area contributed by atoms with Gasteiger partial charge in [0.25, 0.3) is 0 Å². The maximum absolute atomic E-state index is 12.7. The normalized spacial score (nSPS) is 12.0. The number of ketones is 1. The van der Waals surface area contributed by atoms with E-state index in [1.807, 2.05) is 6.08 Å². The Balaban J connectivity index is 2.01. The van der Waals surface area contributed by atoms with Gasteiger partial charge in [0.15, 0.2) is 17.3 Å². The lowest BCUT2D eigenvalue weighted by atomic mass is 10.1.